The van der Waals surface area contributed by atoms with Crippen molar-refractivity contribution in [3.8, 4) is 11.3 Å². The number of fused-ring (bicyclic) bond motifs is 3. The molecule has 0 aliphatic carbocycles. The van der Waals surface area contributed by atoms with Gasteiger partial charge in [-0.3, -0.25) is 4.79 Å². The van der Waals surface area contributed by atoms with E-state index < -0.39 is 17.4 Å². The number of hydrogen-bond acceptors (Lipinski definition) is 4. The fraction of sp³-hybridized carbons (Fsp3) is 0.167. The second-order valence-electron chi connectivity index (χ2n) is 8.12. The summed E-state index contributed by atoms with van der Waals surface area (Å²) in [5, 5.41) is 11.7. The summed E-state index contributed by atoms with van der Waals surface area (Å²) in [6.07, 6.45) is 3.25. The number of anilines is 1. The quantitative estimate of drug-likeness (QED) is 0.460. The van der Waals surface area contributed by atoms with E-state index in [1.165, 1.54) is 16.5 Å². The van der Waals surface area contributed by atoms with Gasteiger partial charge in [-0.1, -0.05) is 23.8 Å². The third-order valence-electron chi connectivity index (χ3n) is 5.63. The van der Waals surface area contributed by atoms with E-state index in [2.05, 4.69) is 21.6 Å². The number of aryl methyl sites for hydroxylation is 3. The molecule has 0 bridgehead atoms. The minimum Gasteiger partial charge on any atom is -0.324 e. The largest absolute Gasteiger partial charge is 0.350 e. The van der Waals surface area contributed by atoms with Crippen LogP contribution in [0.1, 0.15) is 16.7 Å². The monoisotopic (exact) mass is 444 g/mol. The molecule has 5 aromatic rings. The minimum atomic E-state index is -0.477. The van der Waals surface area contributed by atoms with Crippen molar-refractivity contribution in [2.24, 2.45) is 0 Å². The SMILES string of the molecule is Cc1ccc(C)c(-c2cc3c4nn(CC(=O)Nc5cc(F)ccc5C)c(=O)n4ccn3n2)c1. The molecule has 3 heterocycles. The minimum absolute atomic E-state index is 0.305. The number of halogens is 1. The summed E-state index contributed by atoms with van der Waals surface area (Å²) >= 11 is 0. The summed E-state index contributed by atoms with van der Waals surface area (Å²) in [7, 11) is 0. The Labute approximate surface area is 187 Å². The van der Waals surface area contributed by atoms with Gasteiger partial charge in [0.15, 0.2) is 5.65 Å². The molecule has 1 amide bonds. The first kappa shape index (κ1) is 20.6. The third kappa shape index (κ3) is 3.67. The Bertz CT molecular complexity index is 1610. The lowest BCUT2D eigenvalue weighted by Gasteiger charge is -2.07. The van der Waals surface area contributed by atoms with Crippen molar-refractivity contribution in [2.45, 2.75) is 27.3 Å². The third-order valence-corrected chi connectivity index (χ3v) is 5.63. The van der Waals surface area contributed by atoms with Gasteiger partial charge in [-0.2, -0.15) is 5.10 Å². The number of nitrogens with one attached hydrogen (secondary N) is 1. The van der Waals surface area contributed by atoms with Gasteiger partial charge in [0.25, 0.3) is 0 Å². The highest BCUT2D eigenvalue weighted by Crippen LogP contribution is 2.25. The van der Waals surface area contributed by atoms with Gasteiger partial charge in [0.1, 0.15) is 17.9 Å². The van der Waals surface area contributed by atoms with Crippen LogP contribution in [0.4, 0.5) is 10.1 Å². The van der Waals surface area contributed by atoms with Crippen LogP contribution >= 0.6 is 0 Å². The van der Waals surface area contributed by atoms with Crippen LogP contribution in [0.15, 0.2) is 59.7 Å². The van der Waals surface area contributed by atoms with Gasteiger partial charge in [0, 0.05) is 23.6 Å². The van der Waals surface area contributed by atoms with Gasteiger partial charge < -0.3 is 5.32 Å². The number of carbonyl (C=O) groups excluding carboxylic acids is 1. The zero-order valence-electron chi connectivity index (χ0n) is 18.3. The first-order valence-electron chi connectivity index (χ1n) is 10.4. The van der Waals surface area contributed by atoms with Crippen LogP contribution in [0.2, 0.25) is 0 Å². The Morgan fingerprint density at radius 3 is 2.61 bits per heavy atom. The molecule has 166 valence electrons. The lowest BCUT2D eigenvalue weighted by atomic mass is 10.0. The number of aromatic nitrogens is 5. The average Bonchev–Trinajstić information content (AvgIpc) is 3.34. The summed E-state index contributed by atoms with van der Waals surface area (Å²) in [6.45, 7) is 5.50. The highest BCUT2D eigenvalue weighted by atomic mass is 19.1. The summed E-state index contributed by atoms with van der Waals surface area (Å²) in [5.41, 5.74) is 5.64. The number of nitrogens with zero attached hydrogens (tertiary/aromatic N) is 5. The topological polar surface area (TPSA) is 85.7 Å². The molecule has 0 atom stereocenters. The predicted octanol–water partition coefficient (Wildman–Crippen LogP) is 3.51. The van der Waals surface area contributed by atoms with Crippen LogP contribution in [0.5, 0.6) is 0 Å². The molecule has 0 aliphatic heterocycles. The van der Waals surface area contributed by atoms with E-state index in [0.29, 0.717) is 22.4 Å². The summed E-state index contributed by atoms with van der Waals surface area (Å²) in [5.74, 6) is -0.932. The normalized spacial score (nSPS) is 11.4. The number of benzene rings is 2. The van der Waals surface area contributed by atoms with Crippen molar-refractivity contribution >= 4 is 22.8 Å². The Hall–Kier alpha value is -4.27. The molecule has 0 spiro atoms. The second kappa shape index (κ2) is 7.70. The highest BCUT2D eigenvalue weighted by molar-refractivity contribution is 5.91. The Morgan fingerprint density at radius 2 is 1.79 bits per heavy atom. The lowest BCUT2D eigenvalue weighted by molar-refractivity contribution is -0.117. The molecular formula is C24H21FN6O2. The van der Waals surface area contributed by atoms with Gasteiger partial charge in [-0.25, -0.2) is 22.8 Å². The van der Waals surface area contributed by atoms with Crippen molar-refractivity contribution in [1.29, 1.82) is 0 Å². The second-order valence-corrected chi connectivity index (χ2v) is 8.12. The molecule has 1 N–H and O–H groups in total. The van der Waals surface area contributed by atoms with Gasteiger partial charge in [-0.15, -0.1) is 5.10 Å². The molecule has 0 fully saturated rings. The smallest absolute Gasteiger partial charge is 0.324 e. The molecule has 0 unspecified atom stereocenters. The summed E-state index contributed by atoms with van der Waals surface area (Å²) in [4.78, 5) is 25.4. The van der Waals surface area contributed by atoms with E-state index in [9.17, 15) is 14.0 Å². The van der Waals surface area contributed by atoms with Crippen LogP contribution in [0.3, 0.4) is 0 Å². The van der Waals surface area contributed by atoms with Crippen LogP contribution in [0.25, 0.3) is 22.4 Å². The van der Waals surface area contributed by atoms with E-state index in [1.807, 2.05) is 32.0 Å². The molecule has 3 aromatic heterocycles. The van der Waals surface area contributed by atoms with Crippen molar-refractivity contribution in [3.63, 3.8) is 0 Å². The maximum atomic E-state index is 13.5. The number of hydrogen-bond donors (Lipinski definition) is 1. The van der Waals surface area contributed by atoms with Gasteiger partial charge in [0.05, 0.1) is 5.69 Å². The van der Waals surface area contributed by atoms with E-state index in [4.69, 9.17) is 0 Å². The first-order chi connectivity index (χ1) is 15.8. The van der Waals surface area contributed by atoms with Crippen molar-refractivity contribution in [3.05, 3.63) is 87.9 Å². The highest BCUT2D eigenvalue weighted by Gasteiger charge is 2.16. The Morgan fingerprint density at radius 1 is 1.00 bits per heavy atom. The molecule has 5 rings (SSSR count). The molecule has 0 radical (unpaired) electrons. The van der Waals surface area contributed by atoms with Crippen molar-refractivity contribution in [2.75, 3.05) is 5.32 Å². The molecule has 0 aliphatic rings. The lowest BCUT2D eigenvalue weighted by Crippen LogP contribution is -2.28. The molecule has 9 heteroatoms. The summed E-state index contributed by atoms with van der Waals surface area (Å²) < 4.78 is 17.7. The van der Waals surface area contributed by atoms with Crippen molar-refractivity contribution < 1.29 is 9.18 Å². The Kier molecular flexibility index (Phi) is 4.81. The zero-order valence-corrected chi connectivity index (χ0v) is 18.3. The number of amides is 1. The maximum Gasteiger partial charge on any atom is 0.350 e. The van der Waals surface area contributed by atoms with Crippen LogP contribution < -0.4 is 11.0 Å². The average molecular weight is 444 g/mol. The first-order valence-corrected chi connectivity index (χ1v) is 10.4. The molecule has 0 saturated carbocycles. The zero-order chi connectivity index (χ0) is 23.3. The fourth-order valence-electron chi connectivity index (χ4n) is 3.84. The standard InChI is InChI=1S/C24H21FN6O2/c1-14-4-5-15(2)18(10-14)20-12-21-23-28-31(24(33)29(23)8-9-30(21)27-20)13-22(32)26-19-11-17(25)7-6-16(19)3/h4-12H,13H2,1-3H3,(H,26,32). The maximum absolute atomic E-state index is 13.5. The van der Waals surface area contributed by atoms with Gasteiger partial charge >= 0.3 is 5.69 Å². The number of carbonyl (C=O) groups is 1. The Balaban J connectivity index is 1.51. The number of rotatable bonds is 4. The molecular weight excluding hydrogens is 423 g/mol. The van der Waals surface area contributed by atoms with Crippen LogP contribution in [-0.2, 0) is 11.3 Å². The van der Waals surface area contributed by atoms with Crippen LogP contribution in [0, 0.1) is 26.6 Å². The summed E-state index contributed by atoms with van der Waals surface area (Å²) in [6, 6.07) is 12.2. The molecule has 8 nitrogen and oxygen atoms in total. The fourth-order valence-corrected chi connectivity index (χ4v) is 3.84. The van der Waals surface area contributed by atoms with Crippen LogP contribution in [-0.4, -0.2) is 29.7 Å². The van der Waals surface area contributed by atoms with E-state index in [0.717, 1.165) is 27.1 Å². The van der Waals surface area contributed by atoms with Crippen molar-refractivity contribution in [1.82, 2.24) is 23.8 Å². The van der Waals surface area contributed by atoms with E-state index >= 15 is 0 Å². The molecule has 2 aromatic carbocycles. The predicted molar refractivity (Wildman–Crippen MR) is 123 cm³/mol. The molecule has 33 heavy (non-hydrogen) atoms. The van der Waals surface area contributed by atoms with Gasteiger partial charge in [-0.05, 0) is 56.2 Å². The van der Waals surface area contributed by atoms with E-state index in [-0.39, 0.29) is 6.54 Å². The van der Waals surface area contributed by atoms with Gasteiger partial charge in [0.2, 0.25) is 5.91 Å². The molecule has 0 saturated heterocycles. The van der Waals surface area contributed by atoms with E-state index in [1.54, 1.807) is 29.9 Å².